The van der Waals surface area contributed by atoms with Gasteiger partial charge in [0.2, 0.25) is 0 Å². The zero-order valence-corrected chi connectivity index (χ0v) is 5.96. The molecule has 0 unspecified atom stereocenters. The largest absolute Gasteiger partial charge is 0.399 e. The molecule has 3 N–H and O–H groups in total. The minimum atomic E-state index is 0.764. The average molecular weight is 137 g/mol. The highest BCUT2D eigenvalue weighted by Crippen LogP contribution is 2.01. The normalized spacial score (nSPS) is 9.70. The minimum Gasteiger partial charge on any atom is -0.399 e. The van der Waals surface area contributed by atoms with Crippen LogP contribution in [-0.2, 0) is 6.54 Å². The van der Waals surface area contributed by atoms with E-state index in [0.29, 0.717) is 0 Å². The number of aromatic nitrogens is 1. The van der Waals surface area contributed by atoms with E-state index in [0.717, 1.165) is 17.9 Å². The molecule has 0 aliphatic carbocycles. The number of nitrogens with one attached hydrogen (secondary N) is 1. The summed E-state index contributed by atoms with van der Waals surface area (Å²) in [7, 11) is 1.88. The standard InChI is InChI=1S/C7H11N3/c1-9-5-7-4-6(8)2-3-10-7/h2-4,9H,5H2,1H3,(H2,8,10). The second-order valence-corrected chi connectivity index (χ2v) is 2.11. The number of rotatable bonds is 2. The third-order valence-corrected chi connectivity index (χ3v) is 1.20. The first-order valence-corrected chi connectivity index (χ1v) is 3.18. The number of nitrogens with two attached hydrogens (primary N) is 1. The molecule has 1 heterocycles. The van der Waals surface area contributed by atoms with Crippen molar-refractivity contribution in [2.75, 3.05) is 12.8 Å². The molecule has 0 saturated carbocycles. The van der Waals surface area contributed by atoms with Crippen molar-refractivity contribution in [2.24, 2.45) is 0 Å². The van der Waals surface area contributed by atoms with Crippen LogP contribution in [0.15, 0.2) is 18.3 Å². The average Bonchev–Trinajstić information content (AvgIpc) is 1.88. The molecular weight excluding hydrogens is 126 g/mol. The Labute approximate surface area is 60.3 Å². The molecule has 0 aliphatic heterocycles. The van der Waals surface area contributed by atoms with Crippen molar-refractivity contribution in [3.8, 4) is 0 Å². The first-order valence-electron chi connectivity index (χ1n) is 3.18. The van der Waals surface area contributed by atoms with Gasteiger partial charge in [-0.05, 0) is 19.2 Å². The predicted octanol–water partition coefficient (Wildman–Crippen LogP) is 0.383. The van der Waals surface area contributed by atoms with Crippen LogP contribution in [0.25, 0.3) is 0 Å². The minimum absolute atomic E-state index is 0.764. The van der Waals surface area contributed by atoms with E-state index in [1.54, 1.807) is 12.3 Å². The monoisotopic (exact) mass is 137 g/mol. The van der Waals surface area contributed by atoms with Crippen LogP contribution >= 0.6 is 0 Å². The van der Waals surface area contributed by atoms with Crippen LogP contribution in [0.5, 0.6) is 0 Å². The Kier molecular flexibility index (Phi) is 2.23. The highest BCUT2D eigenvalue weighted by Gasteiger charge is 1.90. The Morgan fingerprint density at radius 3 is 3.10 bits per heavy atom. The van der Waals surface area contributed by atoms with Gasteiger partial charge in [0.25, 0.3) is 0 Å². The first-order chi connectivity index (χ1) is 4.83. The van der Waals surface area contributed by atoms with Gasteiger partial charge in [-0.25, -0.2) is 0 Å². The smallest absolute Gasteiger partial charge is 0.0562 e. The quantitative estimate of drug-likeness (QED) is 0.619. The van der Waals surface area contributed by atoms with Crippen LogP contribution in [0, 0.1) is 0 Å². The maximum atomic E-state index is 5.52. The molecule has 54 valence electrons. The van der Waals surface area contributed by atoms with E-state index >= 15 is 0 Å². The van der Waals surface area contributed by atoms with Crippen molar-refractivity contribution in [3.05, 3.63) is 24.0 Å². The lowest BCUT2D eigenvalue weighted by atomic mass is 10.3. The lowest BCUT2D eigenvalue weighted by Gasteiger charge is -1.98. The summed E-state index contributed by atoms with van der Waals surface area (Å²) >= 11 is 0. The molecule has 1 aromatic heterocycles. The van der Waals surface area contributed by atoms with Crippen LogP contribution in [0.4, 0.5) is 5.69 Å². The molecule has 0 aromatic carbocycles. The Balaban J connectivity index is 2.75. The predicted molar refractivity (Wildman–Crippen MR) is 41.4 cm³/mol. The van der Waals surface area contributed by atoms with Crippen molar-refractivity contribution >= 4 is 5.69 Å². The van der Waals surface area contributed by atoms with Gasteiger partial charge < -0.3 is 11.1 Å². The fourth-order valence-electron chi connectivity index (χ4n) is 0.775. The molecule has 1 aromatic rings. The molecule has 0 atom stereocenters. The number of hydrogen-bond acceptors (Lipinski definition) is 3. The van der Waals surface area contributed by atoms with Gasteiger partial charge >= 0.3 is 0 Å². The van der Waals surface area contributed by atoms with E-state index in [1.807, 2.05) is 13.1 Å². The van der Waals surface area contributed by atoms with Crippen molar-refractivity contribution < 1.29 is 0 Å². The summed E-state index contributed by atoms with van der Waals surface area (Å²) in [6.45, 7) is 0.769. The van der Waals surface area contributed by atoms with Gasteiger partial charge in [0.15, 0.2) is 0 Å². The maximum Gasteiger partial charge on any atom is 0.0562 e. The Morgan fingerprint density at radius 2 is 2.50 bits per heavy atom. The van der Waals surface area contributed by atoms with Crippen molar-refractivity contribution in [2.45, 2.75) is 6.54 Å². The number of nitrogen functional groups attached to an aromatic ring is 1. The summed E-state index contributed by atoms with van der Waals surface area (Å²) in [5.41, 5.74) is 7.26. The van der Waals surface area contributed by atoms with E-state index in [9.17, 15) is 0 Å². The Bertz CT molecular complexity index is 210. The molecule has 0 radical (unpaired) electrons. The van der Waals surface area contributed by atoms with Crippen LogP contribution in [0.2, 0.25) is 0 Å². The Morgan fingerprint density at radius 1 is 1.70 bits per heavy atom. The maximum absolute atomic E-state index is 5.52. The zero-order chi connectivity index (χ0) is 7.40. The summed E-state index contributed by atoms with van der Waals surface area (Å²) in [4.78, 5) is 4.09. The highest BCUT2D eigenvalue weighted by atomic mass is 14.8. The van der Waals surface area contributed by atoms with Crippen LogP contribution in [-0.4, -0.2) is 12.0 Å². The molecule has 1 rings (SSSR count). The Hall–Kier alpha value is -1.09. The van der Waals surface area contributed by atoms with E-state index in [4.69, 9.17) is 5.73 Å². The second-order valence-electron chi connectivity index (χ2n) is 2.11. The van der Waals surface area contributed by atoms with E-state index in [-0.39, 0.29) is 0 Å². The summed E-state index contributed by atoms with van der Waals surface area (Å²) in [5.74, 6) is 0. The van der Waals surface area contributed by atoms with Gasteiger partial charge in [-0.3, -0.25) is 4.98 Å². The summed E-state index contributed by atoms with van der Waals surface area (Å²) in [6, 6.07) is 3.63. The summed E-state index contributed by atoms with van der Waals surface area (Å²) in [5, 5.41) is 2.99. The lowest BCUT2D eigenvalue weighted by molar-refractivity contribution is 0.792. The van der Waals surface area contributed by atoms with Crippen molar-refractivity contribution in [1.82, 2.24) is 10.3 Å². The molecule has 0 spiro atoms. The van der Waals surface area contributed by atoms with Gasteiger partial charge in [0, 0.05) is 18.4 Å². The van der Waals surface area contributed by atoms with Gasteiger partial charge in [0.1, 0.15) is 0 Å². The molecule has 0 fully saturated rings. The topological polar surface area (TPSA) is 50.9 Å². The summed E-state index contributed by atoms with van der Waals surface area (Å²) < 4.78 is 0. The fourth-order valence-corrected chi connectivity index (χ4v) is 0.775. The molecule has 10 heavy (non-hydrogen) atoms. The number of pyridine rings is 1. The molecule has 3 nitrogen and oxygen atoms in total. The van der Waals surface area contributed by atoms with E-state index in [2.05, 4.69) is 10.3 Å². The second kappa shape index (κ2) is 3.17. The van der Waals surface area contributed by atoms with Crippen LogP contribution in [0.1, 0.15) is 5.69 Å². The van der Waals surface area contributed by atoms with E-state index in [1.165, 1.54) is 0 Å². The third-order valence-electron chi connectivity index (χ3n) is 1.20. The third kappa shape index (κ3) is 1.70. The molecule has 0 aliphatic rings. The van der Waals surface area contributed by atoms with Crippen molar-refractivity contribution in [1.29, 1.82) is 0 Å². The number of anilines is 1. The van der Waals surface area contributed by atoms with Crippen LogP contribution < -0.4 is 11.1 Å². The van der Waals surface area contributed by atoms with Crippen LogP contribution in [0.3, 0.4) is 0 Å². The number of hydrogen-bond donors (Lipinski definition) is 2. The molecule has 3 heteroatoms. The van der Waals surface area contributed by atoms with Gasteiger partial charge in [-0.2, -0.15) is 0 Å². The summed E-state index contributed by atoms with van der Waals surface area (Å²) in [6.07, 6.45) is 1.71. The van der Waals surface area contributed by atoms with Gasteiger partial charge in [-0.1, -0.05) is 0 Å². The first kappa shape index (κ1) is 7.02. The molecule has 0 bridgehead atoms. The molecular formula is C7H11N3. The molecule has 0 amide bonds. The van der Waals surface area contributed by atoms with Gasteiger partial charge in [0.05, 0.1) is 5.69 Å². The molecule has 0 saturated heterocycles. The SMILES string of the molecule is CNCc1cc(N)ccn1. The van der Waals surface area contributed by atoms with E-state index < -0.39 is 0 Å². The zero-order valence-electron chi connectivity index (χ0n) is 5.96. The van der Waals surface area contributed by atoms with Gasteiger partial charge in [-0.15, -0.1) is 0 Å². The van der Waals surface area contributed by atoms with Crippen molar-refractivity contribution in [3.63, 3.8) is 0 Å². The fraction of sp³-hybridized carbons (Fsp3) is 0.286. The number of nitrogens with zero attached hydrogens (tertiary/aromatic N) is 1. The lowest BCUT2D eigenvalue weighted by Crippen LogP contribution is -2.06. The highest BCUT2D eigenvalue weighted by molar-refractivity contribution is 5.37.